The van der Waals surface area contributed by atoms with Crippen molar-refractivity contribution < 1.29 is 14.6 Å². The molecule has 4 heteroatoms. The number of hydrogen-bond donors (Lipinski definition) is 2. The van der Waals surface area contributed by atoms with E-state index >= 15 is 0 Å². The van der Waals surface area contributed by atoms with Gasteiger partial charge in [0.15, 0.2) is 11.5 Å². The minimum Gasteiger partial charge on any atom is -0.504 e. The van der Waals surface area contributed by atoms with Crippen LogP contribution in [0.2, 0.25) is 0 Å². The lowest BCUT2D eigenvalue weighted by molar-refractivity contribution is 0.244. The molecule has 4 nitrogen and oxygen atoms in total. The second kappa shape index (κ2) is 5.17. The average Bonchev–Trinajstić information content (AvgIpc) is 2.97. The zero-order valence-electron chi connectivity index (χ0n) is 12.2. The highest BCUT2D eigenvalue weighted by Gasteiger charge is 2.35. The fraction of sp³-hybridized carbons (Fsp3) is 0.625. The quantitative estimate of drug-likeness (QED) is 0.829. The number of nitrogens with two attached hydrogens (primary N) is 1. The molecule has 0 saturated carbocycles. The van der Waals surface area contributed by atoms with Gasteiger partial charge in [0.1, 0.15) is 18.0 Å². The summed E-state index contributed by atoms with van der Waals surface area (Å²) in [5.74, 6) is 1.89. The van der Waals surface area contributed by atoms with E-state index in [9.17, 15) is 5.11 Å². The van der Waals surface area contributed by atoms with Gasteiger partial charge in [-0.1, -0.05) is 0 Å². The van der Waals surface area contributed by atoms with Crippen LogP contribution in [0.25, 0.3) is 0 Å². The molecule has 3 N–H and O–H groups in total. The first-order chi connectivity index (χ1) is 9.61. The SMILES string of the molecule is CC1Cc2c(CCCCN)c3c(c(O)c2O1)CC(C)O3. The summed E-state index contributed by atoms with van der Waals surface area (Å²) in [4.78, 5) is 0. The molecule has 0 radical (unpaired) electrons. The summed E-state index contributed by atoms with van der Waals surface area (Å²) in [6, 6.07) is 0. The topological polar surface area (TPSA) is 64.7 Å². The summed E-state index contributed by atoms with van der Waals surface area (Å²) in [6.07, 6.45) is 4.88. The van der Waals surface area contributed by atoms with Crippen molar-refractivity contribution in [2.75, 3.05) is 6.54 Å². The first-order valence-corrected chi connectivity index (χ1v) is 7.54. The maximum Gasteiger partial charge on any atom is 0.165 e. The van der Waals surface area contributed by atoms with E-state index in [0.29, 0.717) is 18.0 Å². The monoisotopic (exact) mass is 277 g/mol. The minimum atomic E-state index is 0.129. The standard InChI is InChI=1S/C16H23NO3/c1-9-7-12-11(5-3-4-6-17)15-13(8-10(2)19-15)14(18)16(12)20-9/h9-10,18H,3-8,17H2,1-2H3. The van der Waals surface area contributed by atoms with Gasteiger partial charge in [-0.25, -0.2) is 0 Å². The smallest absolute Gasteiger partial charge is 0.165 e. The van der Waals surface area contributed by atoms with Crippen molar-refractivity contribution in [1.29, 1.82) is 0 Å². The molecule has 0 aliphatic carbocycles. The van der Waals surface area contributed by atoms with Gasteiger partial charge in [0.05, 0.1) is 0 Å². The van der Waals surface area contributed by atoms with Crippen molar-refractivity contribution in [2.24, 2.45) is 5.73 Å². The van der Waals surface area contributed by atoms with Crippen LogP contribution in [0.1, 0.15) is 43.4 Å². The van der Waals surface area contributed by atoms with Crippen LogP contribution in [0, 0.1) is 0 Å². The molecule has 2 atom stereocenters. The van der Waals surface area contributed by atoms with Crippen LogP contribution in [0.4, 0.5) is 0 Å². The molecular weight excluding hydrogens is 254 g/mol. The third kappa shape index (κ3) is 2.12. The number of ether oxygens (including phenoxy) is 2. The van der Waals surface area contributed by atoms with Crippen molar-refractivity contribution in [3.8, 4) is 17.2 Å². The average molecular weight is 277 g/mol. The van der Waals surface area contributed by atoms with Crippen LogP contribution in [0.3, 0.4) is 0 Å². The predicted molar refractivity (Wildman–Crippen MR) is 77.7 cm³/mol. The molecule has 3 rings (SSSR count). The van der Waals surface area contributed by atoms with E-state index in [1.165, 1.54) is 5.56 Å². The molecule has 0 saturated heterocycles. The highest BCUT2D eigenvalue weighted by molar-refractivity contribution is 5.65. The van der Waals surface area contributed by atoms with Gasteiger partial charge in [-0.05, 0) is 39.7 Å². The summed E-state index contributed by atoms with van der Waals surface area (Å²) >= 11 is 0. The van der Waals surface area contributed by atoms with Gasteiger partial charge in [-0.3, -0.25) is 0 Å². The van der Waals surface area contributed by atoms with Gasteiger partial charge < -0.3 is 20.3 Å². The molecule has 2 aliphatic heterocycles. The second-order valence-corrected chi connectivity index (χ2v) is 5.95. The fourth-order valence-corrected chi connectivity index (χ4v) is 3.29. The third-order valence-electron chi connectivity index (χ3n) is 4.19. The largest absolute Gasteiger partial charge is 0.504 e. The van der Waals surface area contributed by atoms with Gasteiger partial charge in [-0.2, -0.15) is 0 Å². The van der Waals surface area contributed by atoms with Crippen LogP contribution >= 0.6 is 0 Å². The number of phenols is 1. The lowest BCUT2D eigenvalue weighted by atomic mass is 9.93. The number of hydrogen-bond acceptors (Lipinski definition) is 4. The Balaban J connectivity index is 2.03. The first-order valence-electron chi connectivity index (χ1n) is 7.54. The maximum absolute atomic E-state index is 10.4. The summed E-state index contributed by atoms with van der Waals surface area (Å²) < 4.78 is 11.8. The van der Waals surface area contributed by atoms with E-state index < -0.39 is 0 Å². The Labute approximate surface area is 119 Å². The molecule has 2 aliphatic rings. The summed E-state index contributed by atoms with van der Waals surface area (Å²) in [5.41, 5.74) is 8.88. The first kappa shape index (κ1) is 13.6. The second-order valence-electron chi connectivity index (χ2n) is 5.95. The van der Waals surface area contributed by atoms with Crippen LogP contribution in [0.5, 0.6) is 17.2 Å². The van der Waals surface area contributed by atoms with Gasteiger partial charge in [0.2, 0.25) is 0 Å². The molecule has 0 bridgehead atoms. The Hall–Kier alpha value is -1.42. The molecule has 1 aromatic carbocycles. The van der Waals surface area contributed by atoms with E-state index in [1.54, 1.807) is 0 Å². The number of rotatable bonds is 4. The summed E-state index contributed by atoms with van der Waals surface area (Å²) in [6.45, 7) is 4.79. The summed E-state index contributed by atoms with van der Waals surface area (Å²) in [5, 5.41) is 10.4. The zero-order chi connectivity index (χ0) is 14.3. The normalized spacial score (nSPS) is 23.1. The number of phenolic OH excluding ortho intramolecular Hbond substituents is 1. The van der Waals surface area contributed by atoms with E-state index in [2.05, 4.69) is 0 Å². The van der Waals surface area contributed by atoms with E-state index in [1.807, 2.05) is 13.8 Å². The van der Waals surface area contributed by atoms with Crippen molar-refractivity contribution in [3.63, 3.8) is 0 Å². The molecule has 0 aromatic heterocycles. The Bertz CT molecular complexity index is 488. The van der Waals surface area contributed by atoms with E-state index in [4.69, 9.17) is 15.2 Å². The Morgan fingerprint density at radius 3 is 2.40 bits per heavy atom. The zero-order valence-corrected chi connectivity index (χ0v) is 12.2. The van der Waals surface area contributed by atoms with Crippen molar-refractivity contribution in [1.82, 2.24) is 0 Å². The molecule has 1 aromatic rings. The summed E-state index contributed by atoms with van der Waals surface area (Å²) in [7, 11) is 0. The molecule has 20 heavy (non-hydrogen) atoms. The van der Waals surface area contributed by atoms with Crippen molar-refractivity contribution >= 4 is 0 Å². The van der Waals surface area contributed by atoms with Gasteiger partial charge in [0.25, 0.3) is 0 Å². The minimum absolute atomic E-state index is 0.129. The van der Waals surface area contributed by atoms with E-state index in [-0.39, 0.29) is 12.2 Å². The predicted octanol–water partition coefficient (Wildman–Crippen LogP) is 2.32. The maximum atomic E-state index is 10.4. The Morgan fingerprint density at radius 1 is 1.05 bits per heavy atom. The molecule has 2 unspecified atom stereocenters. The number of fused-ring (bicyclic) bond motifs is 2. The van der Waals surface area contributed by atoms with Gasteiger partial charge in [-0.15, -0.1) is 0 Å². The Kier molecular flexibility index (Phi) is 3.50. The lowest BCUT2D eigenvalue weighted by Gasteiger charge is -2.15. The van der Waals surface area contributed by atoms with Crippen LogP contribution in [-0.2, 0) is 19.3 Å². The van der Waals surface area contributed by atoms with Crippen LogP contribution < -0.4 is 15.2 Å². The van der Waals surface area contributed by atoms with Gasteiger partial charge in [0, 0.05) is 29.5 Å². The van der Waals surface area contributed by atoms with Crippen molar-refractivity contribution in [3.05, 3.63) is 16.7 Å². The molecule has 0 fully saturated rings. The molecule has 0 spiro atoms. The molecular formula is C16H23NO3. The van der Waals surface area contributed by atoms with Crippen molar-refractivity contribution in [2.45, 2.75) is 58.2 Å². The van der Waals surface area contributed by atoms with Crippen LogP contribution in [0.15, 0.2) is 0 Å². The lowest BCUT2D eigenvalue weighted by Crippen LogP contribution is -2.08. The highest BCUT2D eigenvalue weighted by Crippen LogP contribution is 2.50. The molecule has 110 valence electrons. The van der Waals surface area contributed by atoms with Gasteiger partial charge >= 0.3 is 0 Å². The third-order valence-corrected chi connectivity index (χ3v) is 4.19. The highest BCUT2D eigenvalue weighted by atomic mass is 16.5. The van der Waals surface area contributed by atoms with E-state index in [0.717, 1.165) is 49.0 Å². The molecule has 2 heterocycles. The number of benzene rings is 1. The molecule has 0 amide bonds. The number of unbranched alkanes of at least 4 members (excludes halogenated alkanes) is 1. The van der Waals surface area contributed by atoms with Crippen LogP contribution in [-0.4, -0.2) is 23.9 Å². The Morgan fingerprint density at radius 2 is 1.70 bits per heavy atom. The fourth-order valence-electron chi connectivity index (χ4n) is 3.29. The number of aromatic hydroxyl groups is 1.